The smallest absolute Gasteiger partial charge is 0.336 e. The highest BCUT2D eigenvalue weighted by Crippen LogP contribution is 2.25. The fraction of sp³-hybridized carbons (Fsp3) is 0.516. The number of benzene rings is 2. The van der Waals surface area contributed by atoms with E-state index in [1.807, 2.05) is 26.0 Å². The number of carbonyl (C=O) groups is 2. The summed E-state index contributed by atoms with van der Waals surface area (Å²) >= 11 is 0. The molecule has 0 bridgehead atoms. The number of carbonyl (C=O) groups excluding carboxylic acids is 2. The predicted molar refractivity (Wildman–Crippen MR) is 154 cm³/mol. The number of carboxylic acid groups (broad SMARTS) is 1. The van der Waals surface area contributed by atoms with E-state index in [0.717, 1.165) is 36.8 Å². The zero-order chi connectivity index (χ0) is 29.3. The summed E-state index contributed by atoms with van der Waals surface area (Å²) in [6.07, 6.45) is 5.16. The number of hydrogen-bond donors (Lipinski definition) is 2. The first kappa shape index (κ1) is 32.7. The number of aryl methyl sites for hydroxylation is 2. The molecule has 0 saturated heterocycles. The summed E-state index contributed by atoms with van der Waals surface area (Å²) < 4.78 is 12.3. The largest absolute Gasteiger partial charge is 0.478 e. The molecule has 0 spiro atoms. The molecule has 1 aliphatic rings. The molecule has 2 atom stereocenters. The molecule has 40 heavy (non-hydrogen) atoms. The van der Waals surface area contributed by atoms with Crippen molar-refractivity contribution in [3.8, 4) is 0 Å². The highest BCUT2D eigenvalue weighted by atomic mass is 16.5. The van der Waals surface area contributed by atoms with Crippen molar-refractivity contribution < 1.29 is 29.0 Å². The van der Waals surface area contributed by atoms with Crippen LogP contribution in [0.15, 0.2) is 47.5 Å². The summed E-state index contributed by atoms with van der Waals surface area (Å²) in [5, 5.41) is 12.4. The number of nitrogens with one attached hydrogen (secondary N) is 1. The van der Waals surface area contributed by atoms with Crippen LogP contribution in [-0.2, 0) is 27.4 Å². The Labute approximate surface area is 237 Å². The molecule has 3 rings (SSSR count). The van der Waals surface area contributed by atoms with Gasteiger partial charge >= 0.3 is 12.0 Å². The number of amides is 2. The summed E-state index contributed by atoms with van der Waals surface area (Å²) in [6, 6.07) is 13.6. The summed E-state index contributed by atoms with van der Waals surface area (Å²) in [4.78, 5) is 38.3. The summed E-state index contributed by atoms with van der Waals surface area (Å²) in [7, 11) is 0. The monoisotopic (exact) mass is 553 g/mol. The molecule has 218 valence electrons. The predicted octanol–water partition coefficient (Wildman–Crippen LogP) is 5.42. The van der Waals surface area contributed by atoms with Gasteiger partial charge in [0, 0.05) is 26.2 Å². The molecule has 0 radical (unpaired) electrons. The third kappa shape index (κ3) is 11.3. The molecule has 1 aliphatic carbocycles. The Bertz CT molecular complexity index is 1110. The lowest BCUT2D eigenvalue weighted by molar-refractivity contribution is -0.0526. The molecular weight excluding hydrogens is 510 g/mol. The maximum absolute atomic E-state index is 12.6. The average molecular weight is 554 g/mol. The zero-order valence-corrected chi connectivity index (χ0v) is 24.2. The van der Waals surface area contributed by atoms with Gasteiger partial charge in [0.25, 0.3) is 0 Å². The van der Waals surface area contributed by atoms with Crippen molar-refractivity contribution in [2.75, 3.05) is 26.2 Å². The van der Waals surface area contributed by atoms with E-state index < -0.39 is 5.97 Å². The van der Waals surface area contributed by atoms with Crippen LogP contribution in [0, 0.1) is 13.8 Å². The highest BCUT2D eigenvalue weighted by molar-refractivity contribution is 5.91. The van der Waals surface area contributed by atoms with Gasteiger partial charge in [-0.1, -0.05) is 48.0 Å². The van der Waals surface area contributed by atoms with Gasteiger partial charge in [-0.3, -0.25) is 0 Å². The van der Waals surface area contributed by atoms with Gasteiger partial charge in [0.05, 0.1) is 31.0 Å². The van der Waals surface area contributed by atoms with E-state index in [2.05, 4.69) is 34.6 Å². The van der Waals surface area contributed by atoms with E-state index in [-0.39, 0.29) is 24.8 Å². The van der Waals surface area contributed by atoms with Gasteiger partial charge in [0.2, 0.25) is 6.08 Å². The number of aliphatic imine (C=N–C) groups is 1. The maximum Gasteiger partial charge on any atom is 0.336 e. The fourth-order valence-electron chi connectivity index (χ4n) is 4.59. The van der Waals surface area contributed by atoms with Crippen LogP contribution < -0.4 is 5.32 Å². The number of urea groups is 1. The second kappa shape index (κ2) is 17.9. The lowest BCUT2D eigenvalue weighted by Crippen LogP contribution is -2.41. The van der Waals surface area contributed by atoms with Crippen molar-refractivity contribution in [1.29, 1.82) is 0 Å². The average Bonchev–Trinajstić information content (AvgIpc) is 2.93. The first-order chi connectivity index (χ1) is 19.3. The van der Waals surface area contributed by atoms with E-state index in [0.29, 0.717) is 43.9 Å². The van der Waals surface area contributed by atoms with Gasteiger partial charge in [0.15, 0.2) is 0 Å². The van der Waals surface area contributed by atoms with Crippen LogP contribution in [0.4, 0.5) is 4.79 Å². The van der Waals surface area contributed by atoms with E-state index in [9.17, 15) is 14.7 Å². The SMILES string of the molecule is CCN=C=O.CCNC(=O)N(CCO[C@H]1CCC[C@@H](OCc2cccc(C)c2C(=O)O)C1)Cc1ccc(C)cc1. The number of isocyanates is 1. The lowest BCUT2D eigenvalue weighted by atomic mass is 9.94. The Morgan fingerprint density at radius 2 is 1.77 bits per heavy atom. The molecule has 9 heteroatoms. The standard InChI is InChI=1S/C28H38N2O5.C3H5NO/c1-4-29-28(33)30(18-22-13-11-20(2)12-14-22)15-16-34-24-9-6-10-25(17-24)35-19-23-8-5-7-21(3)26(23)27(31)32;1-2-4-3-5/h5,7-8,11-14,24-25H,4,6,9-10,15-19H2,1-3H3,(H,29,33)(H,31,32);2H2,1H3/t24-,25+;/m0./s1. The van der Waals surface area contributed by atoms with Crippen molar-refractivity contribution in [2.45, 2.75) is 78.7 Å². The normalized spacial score (nSPS) is 16.2. The molecular formula is C31H43N3O6. The molecule has 2 aromatic carbocycles. The molecule has 2 amide bonds. The molecule has 0 unspecified atom stereocenters. The Balaban J connectivity index is 0.00000103. The Kier molecular flexibility index (Phi) is 14.7. The number of ether oxygens (including phenoxy) is 2. The van der Waals surface area contributed by atoms with Gasteiger partial charge < -0.3 is 24.8 Å². The minimum atomic E-state index is -0.922. The Hall–Kier alpha value is -3.52. The molecule has 0 aliphatic heterocycles. The first-order valence-electron chi connectivity index (χ1n) is 14.0. The number of carboxylic acids is 1. The van der Waals surface area contributed by atoms with Crippen molar-refractivity contribution in [3.63, 3.8) is 0 Å². The van der Waals surface area contributed by atoms with Crippen LogP contribution in [-0.4, -0.2) is 66.5 Å². The third-order valence-corrected chi connectivity index (χ3v) is 6.67. The first-order valence-corrected chi connectivity index (χ1v) is 14.0. The molecule has 1 fully saturated rings. The number of hydrogen-bond acceptors (Lipinski definition) is 6. The maximum atomic E-state index is 12.6. The molecule has 9 nitrogen and oxygen atoms in total. The molecule has 0 aromatic heterocycles. The van der Waals surface area contributed by atoms with Crippen molar-refractivity contribution >= 4 is 18.1 Å². The second-order valence-corrected chi connectivity index (χ2v) is 9.81. The molecule has 2 aromatic rings. The van der Waals surface area contributed by atoms with Crippen LogP contribution in [0.3, 0.4) is 0 Å². The van der Waals surface area contributed by atoms with E-state index in [1.165, 1.54) is 11.6 Å². The molecule has 1 saturated carbocycles. The minimum Gasteiger partial charge on any atom is -0.478 e. The summed E-state index contributed by atoms with van der Waals surface area (Å²) in [5.41, 5.74) is 4.05. The summed E-state index contributed by atoms with van der Waals surface area (Å²) in [5.74, 6) is -0.922. The zero-order valence-electron chi connectivity index (χ0n) is 24.2. The Morgan fingerprint density at radius 3 is 2.38 bits per heavy atom. The van der Waals surface area contributed by atoms with Gasteiger partial charge in [-0.25, -0.2) is 19.4 Å². The van der Waals surface area contributed by atoms with Crippen LogP contribution in [0.1, 0.15) is 72.1 Å². The topological polar surface area (TPSA) is 118 Å². The van der Waals surface area contributed by atoms with Crippen LogP contribution >= 0.6 is 0 Å². The Morgan fingerprint density at radius 1 is 1.07 bits per heavy atom. The van der Waals surface area contributed by atoms with Gasteiger partial charge in [0.1, 0.15) is 0 Å². The lowest BCUT2D eigenvalue weighted by Gasteiger charge is -2.30. The van der Waals surface area contributed by atoms with E-state index in [4.69, 9.17) is 14.3 Å². The number of nitrogens with zero attached hydrogens (tertiary/aromatic N) is 2. The van der Waals surface area contributed by atoms with Gasteiger partial charge in [-0.05, 0) is 70.1 Å². The second-order valence-electron chi connectivity index (χ2n) is 9.81. The van der Waals surface area contributed by atoms with Crippen molar-refractivity contribution in [3.05, 3.63) is 70.3 Å². The highest BCUT2D eigenvalue weighted by Gasteiger charge is 2.24. The molecule has 0 heterocycles. The van der Waals surface area contributed by atoms with E-state index >= 15 is 0 Å². The van der Waals surface area contributed by atoms with Gasteiger partial charge in [-0.2, -0.15) is 0 Å². The van der Waals surface area contributed by atoms with E-state index in [1.54, 1.807) is 24.8 Å². The van der Waals surface area contributed by atoms with Crippen molar-refractivity contribution in [1.82, 2.24) is 10.2 Å². The minimum absolute atomic E-state index is 0.0305. The van der Waals surface area contributed by atoms with Crippen LogP contribution in [0.5, 0.6) is 0 Å². The molecule has 2 N–H and O–H groups in total. The summed E-state index contributed by atoms with van der Waals surface area (Å²) in [6.45, 7) is 10.5. The number of rotatable bonds is 12. The van der Waals surface area contributed by atoms with Crippen molar-refractivity contribution in [2.24, 2.45) is 4.99 Å². The van der Waals surface area contributed by atoms with Crippen LogP contribution in [0.2, 0.25) is 0 Å². The fourth-order valence-corrected chi connectivity index (χ4v) is 4.59. The number of aromatic carboxylic acids is 1. The third-order valence-electron chi connectivity index (χ3n) is 6.67. The quantitative estimate of drug-likeness (QED) is 0.268. The van der Waals surface area contributed by atoms with Gasteiger partial charge in [-0.15, -0.1) is 0 Å². The van der Waals surface area contributed by atoms with Crippen LogP contribution in [0.25, 0.3) is 0 Å².